The van der Waals surface area contributed by atoms with Crippen molar-refractivity contribution in [3.63, 3.8) is 0 Å². The quantitative estimate of drug-likeness (QED) is 0.444. The Balaban J connectivity index is 2.81. The second kappa shape index (κ2) is 7.18. The SMILES string of the molecule is C#C[C@@H](CO[Si](C)(C)C(C)(C)C)OS(=O)(=O)c1ccc(C)cc1. The van der Waals surface area contributed by atoms with Gasteiger partial charge in [0.2, 0.25) is 0 Å². The Morgan fingerprint density at radius 2 is 1.74 bits per heavy atom. The van der Waals surface area contributed by atoms with Gasteiger partial charge in [-0.15, -0.1) is 6.42 Å². The van der Waals surface area contributed by atoms with E-state index in [-0.39, 0.29) is 16.5 Å². The van der Waals surface area contributed by atoms with Gasteiger partial charge in [-0.2, -0.15) is 8.42 Å². The fourth-order valence-electron chi connectivity index (χ4n) is 1.52. The Bertz CT molecular complexity index is 664. The van der Waals surface area contributed by atoms with Gasteiger partial charge in [-0.05, 0) is 37.2 Å². The van der Waals surface area contributed by atoms with Crippen LogP contribution in [0.1, 0.15) is 26.3 Å². The summed E-state index contributed by atoms with van der Waals surface area (Å²) in [6, 6.07) is 6.44. The van der Waals surface area contributed by atoms with Crippen LogP contribution in [0.3, 0.4) is 0 Å². The lowest BCUT2D eigenvalue weighted by Crippen LogP contribution is -2.43. The van der Waals surface area contributed by atoms with Crippen molar-refractivity contribution in [3.8, 4) is 12.3 Å². The van der Waals surface area contributed by atoms with Crippen LogP contribution in [0, 0.1) is 19.3 Å². The van der Waals surface area contributed by atoms with Crippen molar-refractivity contribution >= 4 is 18.4 Å². The van der Waals surface area contributed by atoms with Gasteiger partial charge in [-0.1, -0.05) is 44.4 Å². The number of rotatable bonds is 6. The Morgan fingerprint density at radius 3 is 2.17 bits per heavy atom. The lowest BCUT2D eigenvalue weighted by Gasteiger charge is -2.36. The van der Waals surface area contributed by atoms with Crippen LogP contribution in [0.15, 0.2) is 29.2 Å². The number of aryl methyl sites for hydroxylation is 1. The van der Waals surface area contributed by atoms with Gasteiger partial charge >= 0.3 is 0 Å². The summed E-state index contributed by atoms with van der Waals surface area (Å²) in [5.41, 5.74) is 0.971. The maximum atomic E-state index is 12.3. The van der Waals surface area contributed by atoms with Crippen LogP contribution in [0.2, 0.25) is 18.1 Å². The first-order valence-corrected chi connectivity index (χ1v) is 11.8. The molecule has 0 aliphatic rings. The molecule has 6 heteroatoms. The summed E-state index contributed by atoms with van der Waals surface area (Å²) in [6.07, 6.45) is 4.48. The highest BCUT2D eigenvalue weighted by Gasteiger charge is 2.38. The fraction of sp³-hybridized carbons (Fsp3) is 0.529. The summed E-state index contributed by atoms with van der Waals surface area (Å²) >= 11 is 0. The van der Waals surface area contributed by atoms with Crippen molar-refractivity contribution in [2.24, 2.45) is 0 Å². The largest absolute Gasteiger partial charge is 0.413 e. The average molecular weight is 355 g/mol. The molecule has 0 fully saturated rings. The minimum Gasteiger partial charge on any atom is -0.413 e. The molecule has 0 aliphatic carbocycles. The highest BCUT2D eigenvalue weighted by atomic mass is 32.2. The third kappa shape index (κ3) is 5.46. The molecular weight excluding hydrogens is 328 g/mol. The van der Waals surface area contributed by atoms with E-state index >= 15 is 0 Å². The van der Waals surface area contributed by atoms with E-state index in [0.717, 1.165) is 5.56 Å². The summed E-state index contributed by atoms with van der Waals surface area (Å²) in [7, 11) is -5.92. The molecule has 0 unspecified atom stereocenters. The summed E-state index contributed by atoms with van der Waals surface area (Å²) in [5, 5.41) is 0.0159. The minimum absolute atomic E-state index is 0.0159. The van der Waals surface area contributed by atoms with Crippen LogP contribution in [0.5, 0.6) is 0 Å². The molecule has 0 amide bonds. The molecular formula is C17H26O4SSi. The number of terminal acetylenes is 1. The zero-order valence-corrected chi connectivity index (χ0v) is 16.5. The Labute approximate surface area is 141 Å². The molecule has 0 saturated carbocycles. The van der Waals surface area contributed by atoms with Crippen molar-refractivity contribution in [2.45, 2.75) is 56.8 Å². The van der Waals surface area contributed by atoms with Gasteiger partial charge in [0.1, 0.15) is 0 Å². The molecule has 0 aromatic heterocycles. The standard InChI is InChI=1S/C17H26O4SSi/c1-8-15(13-20-23(6,7)17(3,4)5)21-22(18,19)16-11-9-14(2)10-12-16/h1,9-12,15H,13H2,2-7H3/t15-/m0/s1. The number of hydrogen-bond donors (Lipinski definition) is 0. The van der Waals surface area contributed by atoms with Gasteiger partial charge in [0, 0.05) is 0 Å². The van der Waals surface area contributed by atoms with Crippen LogP contribution in [0.4, 0.5) is 0 Å². The molecule has 1 aromatic carbocycles. The van der Waals surface area contributed by atoms with Crippen molar-refractivity contribution in [1.82, 2.24) is 0 Å². The zero-order chi connectivity index (χ0) is 17.9. The highest BCUT2D eigenvalue weighted by molar-refractivity contribution is 7.86. The number of benzene rings is 1. The lowest BCUT2D eigenvalue weighted by atomic mass is 10.2. The van der Waals surface area contributed by atoms with Crippen LogP contribution < -0.4 is 0 Å². The zero-order valence-electron chi connectivity index (χ0n) is 14.7. The highest BCUT2D eigenvalue weighted by Crippen LogP contribution is 2.36. The van der Waals surface area contributed by atoms with E-state index in [1.54, 1.807) is 12.1 Å². The Hall–Kier alpha value is -1.13. The predicted molar refractivity (Wildman–Crippen MR) is 95.2 cm³/mol. The van der Waals surface area contributed by atoms with Crippen LogP contribution >= 0.6 is 0 Å². The van der Waals surface area contributed by atoms with Gasteiger partial charge in [0.05, 0.1) is 11.5 Å². The van der Waals surface area contributed by atoms with E-state index in [1.807, 2.05) is 6.92 Å². The average Bonchev–Trinajstić information content (AvgIpc) is 2.42. The molecule has 23 heavy (non-hydrogen) atoms. The second-order valence-electron chi connectivity index (χ2n) is 7.09. The molecule has 0 spiro atoms. The molecule has 1 rings (SSSR count). The molecule has 0 saturated heterocycles. The topological polar surface area (TPSA) is 52.6 Å². The normalized spacial score (nSPS) is 14.3. The first-order chi connectivity index (χ1) is 10.4. The van der Waals surface area contributed by atoms with Gasteiger partial charge < -0.3 is 4.43 Å². The molecule has 0 bridgehead atoms. The van der Waals surface area contributed by atoms with Crippen LogP contribution in [-0.4, -0.2) is 29.4 Å². The molecule has 128 valence electrons. The van der Waals surface area contributed by atoms with Crippen molar-refractivity contribution < 1.29 is 17.0 Å². The van der Waals surface area contributed by atoms with Gasteiger partial charge in [0.25, 0.3) is 10.1 Å². The van der Waals surface area contributed by atoms with E-state index < -0.39 is 24.5 Å². The van der Waals surface area contributed by atoms with Crippen molar-refractivity contribution in [2.75, 3.05) is 6.61 Å². The van der Waals surface area contributed by atoms with E-state index in [2.05, 4.69) is 39.8 Å². The van der Waals surface area contributed by atoms with E-state index in [1.165, 1.54) is 12.1 Å². The molecule has 1 aromatic rings. The third-order valence-electron chi connectivity index (χ3n) is 4.14. The van der Waals surface area contributed by atoms with E-state index in [4.69, 9.17) is 15.0 Å². The summed E-state index contributed by atoms with van der Waals surface area (Å²) in [5.74, 6) is 2.36. The van der Waals surface area contributed by atoms with Crippen LogP contribution in [-0.2, 0) is 18.7 Å². The molecule has 1 atom stereocenters. The summed E-state index contributed by atoms with van der Waals surface area (Å²) in [6.45, 7) is 12.4. The predicted octanol–water partition coefficient (Wildman–Crippen LogP) is 3.72. The lowest BCUT2D eigenvalue weighted by molar-refractivity contribution is 0.165. The van der Waals surface area contributed by atoms with Crippen molar-refractivity contribution in [1.29, 1.82) is 0 Å². The first kappa shape index (κ1) is 19.9. The van der Waals surface area contributed by atoms with E-state index in [0.29, 0.717) is 0 Å². The molecule has 0 aliphatic heterocycles. The maximum Gasteiger partial charge on any atom is 0.298 e. The first-order valence-electron chi connectivity index (χ1n) is 7.49. The number of hydrogen-bond acceptors (Lipinski definition) is 4. The van der Waals surface area contributed by atoms with E-state index in [9.17, 15) is 8.42 Å². The maximum absolute atomic E-state index is 12.3. The van der Waals surface area contributed by atoms with Gasteiger partial charge in [-0.25, -0.2) is 4.18 Å². The fourth-order valence-corrected chi connectivity index (χ4v) is 3.52. The van der Waals surface area contributed by atoms with Gasteiger partial charge in [-0.3, -0.25) is 0 Å². The molecule has 0 radical (unpaired) electrons. The molecule has 0 N–H and O–H groups in total. The van der Waals surface area contributed by atoms with Crippen LogP contribution in [0.25, 0.3) is 0 Å². The smallest absolute Gasteiger partial charge is 0.298 e. The Kier molecular flexibility index (Phi) is 6.22. The minimum atomic E-state index is -3.90. The molecule has 0 heterocycles. The van der Waals surface area contributed by atoms with Crippen molar-refractivity contribution in [3.05, 3.63) is 29.8 Å². The monoisotopic (exact) mass is 354 g/mol. The third-order valence-corrected chi connectivity index (χ3v) is 9.98. The van der Waals surface area contributed by atoms with Gasteiger partial charge in [0.15, 0.2) is 14.4 Å². The molecule has 4 nitrogen and oxygen atoms in total. The summed E-state index contributed by atoms with van der Waals surface area (Å²) < 4.78 is 35.7. The Morgan fingerprint density at radius 1 is 1.22 bits per heavy atom. The summed E-state index contributed by atoms with van der Waals surface area (Å²) in [4.78, 5) is 0.0932. The second-order valence-corrected chi connectivity index (χ2v) is 13.5.